The van der Waals surface area contributed by atoms with Crippen LogP contribution in [0.5, 0.6) is 0 Å². The summed E-state index contributed by atoms with van der Waals surface area (Å²) in [5, 5.41) is 2.93. The molecule has 0 aliphatic carbocycles. The zero-order valence-corrected chi connectivity index (χ0v) is 8.21. The Kier molecular flexibility index (Phi) is 3.32. The van der Waals surface area contributed by atoms with Gasteiger partial charge < -0.3 is 5.32 Å². The van der Waals surface area contributed by atoms with Crippen molar-refractivity contribution in [2.24, 2.45) is 0 Å². The molecule has 1 amide bonds. The second-order valence-corrected chi connectivity index (χ2v) is 3.46. The van der Waals surface area contributed by atoms with Crippen molar-refractivity contribution < 1.29 is 4.79 Å². The minimum absolute atomic E-state index is 0.00386. The largest absolute Gasteiger partial charge is 0.339 e. The van der Waals surface area contributed by atoms with Gasteiger partial charge >= 0.3 is 0 Å². The van der Waals surface area contributed by atoms with E-state index in [0.717, 1.165) is 19.3 Å². The number of rotatable bonds is 3. The van der Waals surface area contributed by atoms with Crippen LogP contribution in [-0.4, -0.2) is 30.1 Å². The second kappa shape index (κ2) is 4.29. The van der Waals surface area contributed by atoms with E-state index in [9.17, 15) is 4.79 Å². The fourth-order valence-electron chi connectivity index (χ4n) is 1.51. The van der Waals surface area contributed by atoms with Gasteiger partial charge in [-0.15, -0.1) is 12.3 Å². The number of unbranched alkanes of at least 4 members (excludes halogenated alkanes) is 1. The molecule has 3 nitrogen and oxygen atoms in total. The molecule has 0 aromatic heterocycles. The molecule has 1 fully saturated rings. The molecule has 0 unspecified atom stereocenters. The maximum Gasteiger partial charge on any atom is 0.238 e. The molecule has 0 aromatic rings. The molecule has 0 spiro atoms. The Balaban J connectivity index is 2.36. The van der Waals surface area contributed by atoms with Gasteiger partial charge in [0.05, 0.1) is 12.2 Å². The van der Waals surface area contributed by atoms with Crippen molar-refractivity contribution in [1.29, 1.82) is 0 Å². The van der Waals surface area contributed by atoms with E-state index in [2.05, 4.69) is 16.1 Å². The molecule has 13 heavy (non-hydrogen) atoms. The summed E-state index contributed by atoms with van der Waals surface area (Å²) in [5.74, 6) is 2.72. The molecule has 3 heteroatoms. The Morgan fingerprint density at radius 1 is 1.69 bits per heavy atom. The minimum Gasteiger partial charge on any atom is -0.339 e. The van der Waals surface area contributed by atoms with Gasteiger partial charge in [-0.3, -0.25) is 9.69 Å². The molecule has 1 heterocycles. The van der Waals surface area contributed by atoms with E-state index in [1.807, 2.05) is 14.0 Å². The van der Waals surface area contributed by atoms with Gasteiger partial charge in [0.2, 0.25) is 5.91 Å². The molecule has 1 aliphatic heterocycles. The van der Waals surface area contributed by atoms with E-state index in [4.69, 9.17) is 6.42 Å². The van der Waals surface area contributed by atoms with Crippen molar-refractivity contribution in [2.75, 3.05) is 7.05 Å². The van der Waals surface area contributed by atoms with Crippen LogP contribution in [0.3, 0.4) is 0 Å². The molecule has 1 rings (SSSR count). The van der Waals surface area contributed by atoms with Gasteiger partial charge in [0.25, 0.3) is 0 Å². The Bertz CT molecular complexity index is 232. The topological polar surface area (TPSA) is 32.3 Å². The molecule has 72 valence electrons. The Morgan fingerprint density at radius 3 is 2.85 bits per heavy atom. The molecular formula is C10H16N2O. The molecule has 2 atom stereocenters. The smallest absolute Gasteiger partial charge is 0.238 e. The fourth-order valence-corrected chi connectivity index (χ4v) is 1.51. The van der Waals surface area contributed by atoms with E-state index in [-0.39, 0.29) is 18.1 Å². The van der Waals surface area contributed by atoms with Crippen LogP contribution < -0.4 is 5.32 Å². The predicted octanol–water partition coefficient (Wildman–Crippen LogP) is 0.566. The van der Waals surface area contributed by atoms with Crippen molar-refractivity contribution >= 4 is 5.91 Å². The molecule has 1 aliphatic rings. The summed E-state index contributed by atoms with van der Waals surface area (Å²) < 4.78 is 0. The number of hydrogen-bond acceptors (Lipinski definition) is 2. The lowest BCUT2D eigenvalue weighted by atomic mass is 10.2. The monoisotopic (exact) mass is 180 g/mol. The molecule has 0 radical (unpaired) electrons. The molecular weight excluding hydrogens is 164 g/mol. The molecule has 0 bridgehead atoms. The van der Waals surface area contributed by atoms with Crippen LogP contribution in [0.25, 0.3) is 0 Å². The van der Waals surface area contributed by atoms with Crippen LogP contribution in [0, 0.1) is 12.3 Å². The number of terminal acetylenes is 1. The molecule has 0 saturated carbocycles. The first-order valence-electron chi connectivity index (χ1n) is 4.62. The molecule has 1 N–H and O–H groups in total. The van der Waals surface area contributed by atoms with Crippen LogP contribution in [0.1, 0.15) is 26.2 Å². The number of hydrogen-bond donors (Lipinski definition) is 1. The number of likely N-dealkylation sites (N-methyl/N-ethyl adjacent to an activating group) is 1. The van der Waals surface area contributed by atoms with Gasteiger partial charge in [-0.05, 0) is 26.8 Å². The van der Waals surface area contributed by atoms with Crippen molar-refractivity contribution in [1.82, 2.24) is 10.2 Å². The third kappa shape index (κ3) is 2.22. The van der Waals surface area contributed by atoms with Crippen LogP contribution in [0.4, 0.5) is 0 Å². The van der Waals surface area contributed by atoms with E-state index >= 15 is 0 Å². The Labute approximate surface area is 79.5 Å². The second-order valence-electron chi connectivity index (χ2n) is 3.46. The van der Waals surface area contributed by atoms with Crippen molar-refractivity contribution in [3.63, 3.8) is 0 Å². The normalized spacial score (nSPS) is 28.5. The van der Waals surface area contributed by atoms with E-state index < -0.39 is 0 Å². The van der Waals surface area contributed by atoms with Gasteiger partial charge in [-0.25, -0.2) is 0 Å². The summed E-state index contributed by atoms with van der Waals surface area (Å²) in [5.41, 5.74) is 0. The quantitative estimate of drug-likeness (QED) is 0.508. The predicted molar refractivity (Wildman–Crippen MR) is 51.8 cm³/mol. The van der Waals surface area contributed by atoms with Crippen molar-refractivity contribution in [3.05, 3.63) is 0 Å². The Hall–Kier alpha value is -1.01. The van der Waals surface area contributed by atoms with E-state index in [1.165, 1.54) is 0 Å². The molecule has 0 aromatic carbocycles. The lowest BCUT2D eigenvalue weighted by molar-refractivity contribution is -0.120. The average molecular weight is 180 g/mol. The summed E-state index contributed by atoms with van der Waals surface area (Å²) in [6.07, 6.45) is 8.03. The Morgan fingerprint density at radius 2 is 2.38 bits per heavy atom. The van der Waals surface area contributed by atoms with E-state index in [0.29, 0.717) is 0 Å². The van der Waals surface area contributed by atoms with Crippen LogP contribution >= 0.6 is 0 Å². The third-order valence-electron chi connectivity index (χ3n) is 2.59. The highest BCUT2D eigenvalue weighted by Crippen LogP contribution is 2.14. The fraction of sp³-hybridized carbons (Fsp3) is 0.700. The standard InChI is InChI=1S/C10H16N2O/c1-4-5-6-7-9-11-10(13)8(2)12(9)3/h1,8-9H,5-7H2,2-3H3,(H,11,13)/t8-,9+/m0/s1. The highest BCUT2D eigenvalue weighted by molar-refractivity contribution is 5.83. The van der Waals surface area contributed by atoms with Gasteiger partial charge in [-0.2, -0.15) is 0 Å². The third-order valence-corrected chi connectivity index (χ3v) is 2.59. The minimum atomic E-state index is -0.00386. The van der Waals surface area contributed by atoms with Gasteiger partial charge in [0.1, 0.15) is 0 Å². The van der Waals surface area contributed by atoms with Crippen molar-refractivity contribution in [2.45, 2.75) is 38.4 Å². The number of nitrogens with one attached hydrogen (secondary N) is 1. The maximum atomic E-state index is 11.2. The number of amides is 1. The average Bonchev–Trinajstić information content (AvgIpc) is 2.34. The first kappa shape index (κ1) is 10.1. The summed E-state index contributed by atoms with van der Waals surface area (Å²) in [4.78, 5) is 13.3. The summed E-state index contributed by atoms with van der Waals surface area (Å²) in [7, 11) is 1.96. The highest BCUT2D eigenvalue weighted by atomic mass is 16.2. The molecule has 1 saturated heterocycles. The maximum absolute atomic E-state index is 11.2. The summed E-state index contributed by atoms with van der Waals surface area (Å²) >= 11 is 0. The van der Waals surface area contributed by atoms with Gasteiger partial charge in [-0.1, -0.05) is 0 Å². The van der Waals surface area contributed by atoms with Crippen molar-refractivity contribution in [3.8, 4) is 12.3 Å². The van der Waals surface area contributed by atoms with Crippen LogP contribution in [0.15, 0.2) is 0 Å². The van der Waals surface area contributed by atoms with Gasteiger partial charge in [0, 0.05) is 6.42 Å². The number of nitrogens with zero attached hydrogens (tertiary/aromatic N) is 1. The zero-order valence-electron chi connectivity index (χ0n) is 8.21. The van der Waals surface area contributed by atoms with Crippen LogP contribution in [0.2, 0.25) is 0 Å². The van der Waals surface area contributed by atoms with Gasteiger partial charge in [0.15, 0.2) is 0 Å². The highest BCUT2D eigenvalue weighted by Gasteiger charge is 2.32. The summed E-state index contributed by atoms with van der Waals surface area (Å²) in [6, 6.07) is -0.00386. The number of carbonyl (C=O) groups excluding carboxylic acids is 1. The lowest BCUT2D eigenvalue weighted by Gasteiger charge is -2.20. The SMILES string of the molecule is C#CCCC[C@@H]1NC(=O)[C@H](C)N1C. The summed E-state index contributed by atoms with van der Waals surface area (Å²) in [6.45, 7) is 1.91. The first-order valence-corrected chi connectivity index (χ1v) is 4.62. The zero-order chi connectivity index (χ0) is 9.84. The van der Waals surface area contributed by atoms with E-state index in [1.54, 1.807) is 0 Å². The lowest BCUT2D eigenvalue weighted by Crippen LogP contribution is -2.34. The van der Waals surface area contributed by atoms with Crippen LogP contribution in [-0.2, 0) is 4.79 Å². The first-order chi connectivity index (χ1) is 6.16. The number of carbonyl (C=O) groups is 1.